The zero-order valence-electron chi connectivity index (χ0n) is 12.6. The van der Waals surface area contributed by atoms with Gasteiger partial charge in [0.2, 0.25) is 17.6 Å². The van der Waals surface area contributed by atoms with Gasteiger partial charge >= 0.3 is 5.97 Å². The number of carboxylic acids is 1. The fourth-order valence-corrected chi connectivity index (χ4v) is 4.28. The Balaban J connectivity index is 1.42. The molecule has 1 amide bonds. The van der Waals surface area contributed by atoms with E-state index in [-0.39, 0.29) is 24.3 Å². The quantitative estimate of drug-likeness (QED) is 0.802. The first-order chi connectivity index (χ1) is 11.6. The number of hydrogen-bond acceptors (Lipinski definition) is 6. The number of rotatable bonds is 5. The summed E-state index contributed by atoms with van der Waals surface area (Å²) in [4.78, 5) is 29.1. The molecule has 0 spiro atoms. The van der Waals surface area contributed by atoms with Crippen LogP contribution in [0.15, 0.2) is 34.2 Å². The molecule has 2 aromatic heterocycles. The van der Waals surface area contributed by atoms with E-state index in [9.17, 15) is 14.7 Å². The summed E-state index contributed by atoms with van der Waals surface area (Å²) in [6.07, 6.45) is 4.60. The lowest BCUT2D eigenvalue weighted by molar-refractivity contribution is -0.147. The molecule has 8 heteroatoms. The van der Waals surface area contributed by atoms with Crippen LogP contribution in [0.3, 0.4) is 0 Å². The van der Waals surface area contributed by atoms with Crippen LogP contribution in [-0.4, -0.2) is 27.1 Å². The van der Waals surface area contributed by atoms with Crippen molar-refractivity contribution in [3.05, 3.63) is 35.6 Å². The Morgan fingerprint density at radius 2 is 2.12 bits per heavy atom. The Labute approximate surface area is 141 Å². The monoisotopic (exact) mass is 345 g/mol. The molecule has 2 aliphatic carbocycles. The van der Waals surface area contributed by atoms with Crippen molar-refractivity contribution in [1.82, 2.24) is 15.5 Å². The van der Waals surface area contributed by atoms with E-state index >= 15 is 0 Å². The number of carboxylic acid groups (broad SMARTS) is 1. The van der Waals surface area contributed by atoms with Crippen molar-refractivity contribution in [2.24, 2.45) is 23.7 Å². The van der Waals surface area contributed by atoms with Crippen LogP contribution in [-0.2, 0) is 16.1 Å². The highest BCUT2D eigenvalue weighted by atomic mass is 32.1. The molecule has 4 rings (SSSR count). The van der Waals surface area contributed by atoms with E-state index in [1.807, 2.05) is 29.7 Å². The Bertz CT molecular complexity index is 798. The van der Waals surface area contributed by atoms with Crippen molar-refractivity contribution in [1.29, 1.82) is 0 Å². The molecule has 0 radical (unpaired) electrons. The largest absolute Gasteiger partial charge is 0.481 e. The Hall–Kier alpha value is -2.48. The molecule has 4 atom stereocenters. The molecule has 0 aromatic carbocycles. The number of nitrogens with zero attached hydrogens (tertiary/aromatic N) is 2. The lowest BCUT2D eigenvalue weighted by atomic mass is 9.82. The van der Waals surface area contributed by atoms with E-state index in [1.54, 1.807) is 0 Å². The third-order valence-electron chi connectivity index (χ3n) is 4.67. The van der Waals surface area contributed by atoms with Crippen molar-refractivity contribution in [3.63, 3.8) is 0 Å². The summed E-state index contributed by atoms with van der Waals surface area (Å²) < 4.78 is 5.14. The van der Waals surface area contributed by atoms with Crippen LogP contribution in [0.2, 0.25) is 0 Å². The lowest BCUT2D eigenvalue weighted by Crippen LogP contribution is -2.39. The number of thiophene rings is 1. The lowest BCUT2D eigenvalue weighted by Gasteiger charge is -2.23. The summed E-state index contributed by atoms with van der Waals surface area (Å²) in [5.41, 5.74) is 0. The molecule has 0 aliphatic heterocycles. The molecule has 2 N–H and O–H groups in total. The van der Waals surface area contributed by atoms with Gasteiger partial charge in [0.25, 0.3) is 0 Å². The number of amides is 1. The highest BCUT2D eigenvalue weighted by Gasteiger charge is 2.51. The van der Waals surface area contributed by atoms with Gasteiger partial charge in [-0.3, -0.25) is 9.59 Å². The second-order valence-electron chi connectivity index (χ2n) is 6.04. The number of nitrogens with one attached hydrogen (secondary N) is 1. The minimum atomic E-state index is -0.912. The minimum absolute atomic E-state index is 0.000430. The number of hydrogen-bond donors (Lipinski definition) is 2. The van der Waals surface area contributed by atoms with E-state index in [2.05, 4.69) is 15.5 Å². The maximum atomic E-state index is 12.5. The van der Waals surface area contributed by atoms with Gasteiger partial charge in [0.05, 0.1) is 23.3 Å². The van der Waals surface area contributed by atoms with Gasteiger partial charge in [0.1, 0.15) is 0 Å². The second kappa shape index (κ2) is 5.86. The van der Waals surface area contributed by atoms with Gasteiger partial charge in [-0.15, -0.1) is 11.3 Å². The standard InChI is InChI=1S/C16H15N3O4S/c20-15(12-8-3-4-9(6-8)13(12)16(21)22)17-7-11-18-14(19-23-11)10-2-1-5-24-10/h1-5,8-9,12-13H,6-7H2,(H,17,20)(H,21,22)/t8-,9-,12-,13-/m0/s1. The third-order valence-corrected chi connectivity index (χ3v) is 5.54. The first-order valence-electron chi connectivity index (χ1n) is 7.69. The third kappa shape index (κ3) is 2.52. The van der Waals surface area contributed by atoms with Crippen LogP contribution in [0.1, 0.15) is 12.3 Å². The molecule has 0 saturated heterocycles. The van der Waals surface area contributed by atoms with Gasteiger partial charge in [-0.25, -0.2) is 0 Å². The van der Waals surface area contributed by atoms with Crippen LogP contribution in [0, 0.1) is 23.7 Å². The van der Waals surface area contributed by atoms with Gasteiger partial charge < -0.3 is 14.9 Å². The minimum Gasteiger partial charge on any atom is -0.481 e. The molecular formula is C16H15N3O4S. The van der Waals surface area contributed by atoms with Crippen LogP contribution in [0.25, 0.3) is 10.7 Å². The number of aromatic nitrogens is 2. The maximum absolute atomic E-state index is 12.5. The average Bonchev–Trinajstić information content (AvgIpc) is 3.35. The molecular weight excluding hydrogens is 330 g/mol. The van der Waals surface area contributed by atoms with Crippen molar-refractivity contribution < 1.29 is 19.2 Å². The number of allylic oxidation sites excluding steroid dienone is 2. The maximum Gasteiger partial charge on any atom is 0.307 e. The summed E-state index contributed by atoms with van der Waals surface area (Å²) in [7, 11) is 0. The van der Waals surface area contributed by atoms with Crippen LogP contribution in [0.5, 0.6) is 0 Å². The number of fused-ring (bicyclic) bond motifs is 2. The number of carbonyl (C=O) groups is 2. The highest BCUT2D eigenvalue weighted by Crippen LogP contribution is 2.48. The van der Waals surface area contributed by atoms with Gasteiger partial charge in [0.15, 0.2) is 0 Å². The van der Waals surface area contributed by atoms with E-state index in [0.717, 1.165) is 11.3 Å². The topological polar surface area (TPSA) is 105 Å². The summed E-state index contributed by atoms with van der Waals surface area (Å²) in [5.74, 6) is -1.61. The highest BCUT2D eigenvalue weighted by molar-refractivity contribution is 7.13. The summed E-state index contributed by atoms with van der Waals surface area (Å²) >= 11 is 1.50. The Kier molecular flexibility index (Phi) is 3.68. The number of carbonyl (C=O) groups excluding carboxylic acids is 1. The molecule has 24 heavy (non-hydrogen) atoms. The Morgan fingerprint density at radius 3 is 2.83 bits per heavy atom. The van der Waals surface area contributed by atoms with Crippen molar-refractivity contribution in [2.75, 3.05) is 0 Å². The smallest absolute Gasteiger partial charge is 0.307 e. The second-order valence-corrected chi connectivity index (χ2v) is 6.99. The van der Waals surface area contributed by atoms with Gasteiger partial charge in [0, 0.05) is 0 Å². The van der Waals surface area contributed by atoms with Crippen molar-refractivity contribution in [2.45, 2.75) is 13.0 Å². The van der Waals surface area contributed by atoms with Gasteiger partial charge in [-0.2, -0.15) is 4.98 Å². The molecule has 7 nitrogen and oxygen atoms in total. The zero-order valence-corrected chi connectivity index (χ0v) is 13.4. The summed E-state index contributed by atoms with van der Waals surface area (Å²) in [6.45, 7) is 0.0984. The fraction of sp³-hybridized carbons (Fsp3) is 0.375. The summed E-state index contributed by atoms with van der Waals surface area (Å²) in [5, 5.41) is 17.9. The van der Waals surface area contributed by atoms with E-state index in [1.165, 1.54) is 11.3 Å². The summed E-state index contributed by atoms with van der Waals surface area (Å²) in [6, 6.07) is 3.78. The predicted molar refractivity (Wildman–Crippen MR) is 84.8 cm³/mol. The molecule has 2 heterocycles. The number of aliphatic carboxylic acids is 1. The van der Waals surface area contributed by atoms with E-state index in [0.29, 0.717) is 11.7 Å². The van der Waals surface area contributed by atoms with Crippen molar-refractivity contribution >= 4 is 23.2 Å². The van der Waals surface area contributed by atoms with Crippen LogP contribution >= 0.6 is 11.3 Å². The van der Waals surface area contributed by atoms with Crippen LogP contribution < -0.4 is 5.32 Å². The molecule has 2 aromatic rings. The molecule has 0 unspecified atom stereocenters. The first-order valence-corrected chi connectivity index (χ1v) is 8.57. The first kappa shape index (κ1) is 15.1. The normalized spacial score (nSPS) is 27.5. The Morgan fingerprint density at radius 1 is 1.33 bits per heavy atom. The van der Waals surface area contributed by atoms with Crippen molar-refractivity contribution in [3.8, 4) is 10.7 Å². The molecule has 1 fully saturated rings. The fourth-order valence-electron chi connectivity index (χ4n) is 3.63. The van der Waals surface area contributed by atoms with Gasteiger partial charge in [-0.1, -0.05) is 23.4 Å². The van der Waals surface area contributed by atoms with E-state index in [4.69, 9.17) is 4.52 Å². The van der Waals surface area contributed by atoms with Gasteiger partial charge in [-0.05, 0) is 29.7 Å². The average molecular weight is 345 g/mol. The molecule has 124 valence electrons. The molecule has 1 saturated carbocycles. The molecule has 2 bridgehead atoms. The SMILES string of the molecule is O=C(O)[C@@H]1[C@@H](C(=O)NCc2nc(-c3cccs3)no2)[C@H]2C=C[C@H]1C2. The zero-order chi connectivity index (χ0) is 16.7. The molecule has 2 aliphatic rings. The van der Waals surface area contributed by atoms with E-state index < -0.39 is 17.8 Å². The van der Waals surface area contributed by atoms with Crippen LogP contribution in [0.4, 0.5) is 0 Å². The predicted octanol–water partition coefficient (Wildman–Crippen LogP) is 1.94.